The van der Waals surface area contributed by atoms with E-state index in [1.54, 1.807) is 24.3 Å². The Morgan fingerprint density at radius 2 is 1.64 bits per heavy atom. The van der Waals surface area contributed by atoms with Crippen molar-refractivity contribution in [3.05, 3.63) is 53.6 Å². The molecule has 6 heteroatoms. The molecular weight excluding hydrogens is 372 g/mol. The van der Waals surface area contributed by atoms with E-state index in [-0.39, 0.29) is 4.90 Å². The normalized spacial score (nSPS) is 15.1. The first kappa shape index (κ1) is 20.4. The lowest BCUT2D eigenvalue weighted by Gasteiger charge is -2.23. The maximum atomic E-state index is 13.1. The maximum absolute atomic E-state index is 13.1. The number of amides is 1. The van der Waals surface area contributed by atoms with Crippen molar-refractivity contribution in [3.63, 3.8) is 0 Å². The molecule has 2 aromatic carbocycles. The molecule has 28 heavy (non-hydrogen) atoms. The summed E-state index contributed by atoms with van der Waals surface area (Å²) < 4.78 is 24.8. The summed E-state index contributed by atoms with van der Waals surface area (Å²) in [7, 11) is -3.73. The highest BCUT2D eigenvalue weighted by Crippen LogP contribution is 2.47. The third-order valence-electron chi connectivity index (χ3n) is 5.55. The zero-order valence-electron chi connectivity index (χ0n) is 17.0. The fraction of sp³-hybridized carbons (Fsp3) is 0.409. The number of carbonyl (C=O) groups excluding carboxylic acids is 1. The number of nitrogens with one attached hydrogen (secondary N) is 1. The van der Waals surface area contributed by atoms with Gasteiger partial charge >= 0.3 is 0 Å². The highest BCUT2D eigenvalue weighted by atomic mass is 32.2. The second-order valence-electron chi connectivity index (χ2n) is 7.44. The largest absolute Gasteiger partial charge is 0.372 e. The molecule has 3 rings (SSSR count). The van der Waals surface area contributed by atoms with Crippen LogP contribution in [0.25, 0.3) is 0 Å². The summed E-state index contributed by atoms with van der Waals surface area (Å²) in [6.45, 7) is 9.83. The van der Waals surface area contributed by atoms with Gasteiger partial charge in [-0.15, -0.1) is 0 Å². The third kappa shape index (κ3) is 3.53. The van der Waals surface area contributed by atoms with Crippen LogP contribution in [0.4, 0.5) is 11.4 Å². The van der Waals surface area contributed by atoms with Gasteiger partial charge in [-0.3, -0.25) is 4.79 Å². The average molecular weight is 401 g/mol. The minimum absolute atomic E-state index is 0.208. The molecule has 0 bridgehead atoms. The zero-order valence-corrected chi connectivity index (χ0v) is 17.8. The van der Waals surface area contributed by atoms with Crippen molar-refractivity contribution in [1.82, 2.24) is 0 Å². The van der Waals surface area contributed by atoms with Crippen molar-refractivity contribution < 1.29 is 13.2 Å². The summed E-state index contributed by atoms with van der Waals surface area (Å²) >= 11 is 0. The first-order valence-corrected chi connectivity index (χ1v) is 11.2. The van der Waals surface area contributed by atoms with Crippen LogP contribution >= 0.6 is 0 Å². The molecule has 0 unspecified atom stereocenters. The molecule has 0 aromatic heterocycles. The third-order valence-corrected chi connectivity index (χ3v) is 8.07. The van der Waals surface area contributed by atoms with Gasteiger partial charge in [0.25, 0.3) is 0 Å². The SMILES string of the molecule is CCN(CC)c1ccc(NC(=O)C2(S(=O)(=O)c3ccc(C)cc3)CC2)c(C)c1. The second-order valence-corrected chi connectivity index (χ2v) is 9.70. The van der Waals surface area contributed by atoms with E-state index >= 15 is 0 Å². The van der Waals surface area contributed by atoms with Crippen molar-refractivity contribution in [2.24, 2.45) is 0 Å². The molecule has 1 saturated carbocycles. The van der Waals surface area contributed by atoms with E-state index in [1.807, 2.05) is 32.0 Å². The van der Waals surface area contributed by atoms with Gasteiger partial charge in [-0.2, -0.15) is 0 Å². The molecule has 0 saturated heterocycles. The number of anilines is 2. The highest BCUT2D eigenvalue weighted by molar-refractivity contribution is 7.94. The molecular formula is C22H28N2O3S. The molecule has 1 amide bonds. The summed E-state index contributed by atoms with van der Waals surface area (Å²) in [4.78, 5) is 15.4. The molecule has 150 valence electrons. The van der Waals surface area contributed by atoms with Crippen molar-refractivity contribution >= 4 is 27.1 Å². The van der Waals surface area contributed by atoms with E-state index in [1.165, 1.54) is 0 Å². The van der Waals surface area contributed by atoms with E-state index in [0.717, 1.165) is 29.9 Å². The molecule has 0 spiro atoms. The van der Waals surface area contributed by atoms with Crippen LogP contribution in [0.1, 0.15) is 37.8 Å². The lowest BCUT2D eigenvalue weighted by Crippen LogP contribution is -2.37. The van der Waals surface area contributed by atoms with Crippen LogP contribution in [0.5, 0.6) is 0 Å². The number of aryl methyl sites for hydroxylation is 2. The van der Waals surface area contributed by atoms with E-state index in [9.17, 15) is 13.2 Å². The van der Waals surface area contributed by atoms with Crippen LogP contribution in [-0.4, -0.2) is 32.2 Å². The van der Waals surface area contributed by atoms with Crippen LogP contribution in [-0.2, 0) is 14.6 Å². The smallest absolute Gasteiger partial charge is 0.246 e. The van der Waals surface area contributed by atoms with E-state index < -0.39 is 20.5 Å². The van der Waals surface area contributed by atoms with Gasteiger partial charge in [0.05, 0.1) is 4.90 Å². The Morgan fingerprint density at radius 3 is 2.14 bits per heavy atom. The quantitative estimate of drug-likeness (QED) is 0.760. The van der Waals surface area contributed by atoms with Crippen molar-refractivity contribution in [2.75, 3.05) is 23.3 Å². The predicted octanol–water partition coefficient (Wildman–Crippen LogP) is 4.09. The molecule has 0 aliphatic heterocycles. The zero-order chi connectivity index (χ0) is 20.5. The molecule has 0 heterocycles. The van der Waals surface area contributed by atoms with Gasteiger partial charge in [0.1, 0.15) is 0 Å². The lowest BCUT2D eigenvalue weighted by atomic mass is 10.1. The van der Waals surface area contributed by atoms with Gasteiger partial charge < -0.3 is 10.2 Å². The van der Waals surface area contributed by atoms with Gasteiger partial charge in [-0.05, 0) is 76.4 Å². The van der Waals surface area contributed by atoms with Crippen LogP contribution < -0.4 is 10.2 Å². The van der Waals surface area contributed by atoms with Crippen LogP contribution in [0.15, 0.2) is 47.4 Å². The van der Waals surface area contributed by atoms with Crippen molar-refractivity contribution in [1.29, 1.82) is 0 Å². The number of benzene rings is 2. The van der Waals surface area contributed by atoms with E-state index in [0.29, 0.717) is 18.5 Å². The first-order valence-electron chi connectivity index (χ1n) is 9.73. The molecule has 1 aliphatic carbocycles. The predicted molar refractivity (Wildman–Crippen MR) is 114 cm³/mol. The summed E-state index contributed by atoms with van der Waals surface area (Å²) in [5, 5.41) is 2.87. The Morgan fingerprint density at radius 1 is 1.04 bits per heavy atom. The minimum atomic E-state index is -3.73. The Balaban J connectivity index is 1.84. The van der Waals surface area contributed by atoms with Gasteiger partial charge in [0.2, 0.25) is 5.91 Å². The van der Waals surface area contributed by atoms with E-state index in [4.69, 9.17) is 0 Å². The van der Waals surface area contributed by atoms with Gasteiger partial charge in [0.15, 0.2) is 14.6 Å². The first-order chi connectivity index (χ1) is 13.2. The monoisotopic (exact) mass is 400 g/mol. The fourth-order valence-electron chi connectivity index (χ4n) is 3.48. The van der Waals surface area contributed by atoms with Gasteiger partial charge in [-0.1, -0.05) is 17.7 Å². The summed E-state index contributed by atoms with van der Waals surface area (Å²) in [5.41, 5.74) is 3.65. The minimum Gasteiger partial charge on any atom is -0.372 e. The Bertz CT molecular complexity index is 973. The van der Waals surface area contributed by atoms with Crippen LogP contribution in [0.2, 0.25) is 0 Å². The van der Waals surface area contributed by atoms with E-state index in [2.05, 4.69) is 24.1 Å². The number of nitrogens with zero attached hydrogens (tertiary/aromatic N) is 1. The Kier molecular flexibility index (Phi) is 5.53. The molecule has 0 atom stereocenters. The number of hydrogen-bond acceptors (Lipinski definition) is 4. The van der Waals surface area contributed by atoms with Gasteiger partial charge in [-0.25, -0.2) is 8.42 Å². The molecule has 1 N–H and O–H groups in total. The molecule has 2 aromatic rings. The number of carbonyl (C=O) groups is 1. The van der Waals surface area contributed by atoms with Gasteiger partial charge in [0, 0.05) is 24.5 Å². The summed E-state index contributed by atoms with van der Waals surface area (Å²) in [5.74, 6) is -0.438. The maximum Gasteiger partial charge on any atom is 0.246 e. The standard InChI is InChI=1S/C22H28N2O3S/c1-5-24(6-2)18-9-12-20(17(4)15-18)23-21(25)22(13-14-22)28(26,27)19-10-7-16(3)8-11-19/h7-12,15H,5-6,13-14H2,1-4H3,(H,23,25). The van der Waals surface area contributed by atoms with Crippen LogP contribution in [0.3, 0.4) is 0 Å². The summed E-state index contributed by atoms with van der Waals surface area (Å²) in [6.07, 6.45) is 0.706. The lowest BCUT2D eigenvalue weighted by molar-refractivity contribution is -0.116. The topological polar surface area (TPSA) is 66.5 Å². The highest BCUT2D eigenvalue weighted by Gasteiger charge is 2.61. The Hall–Kier alpha value is -2.34. The Labute approximate surface area is 167 Å². The molecule has 5 nitrogen and oxygen atoms in total. The number of rotatable bonds is 7. The van der Waals surface area contributed by atoms with Crippen molar-refractivity contribution in [2.45, 2.75) is 50.2 Å². The molecule has 1 aliphatic rings. The number of hydrogen-bond donors (Lipinski definition) is 1. The average Bonchev–Trinajstić information content (AvgIpc) is 3.48. The second kappa shape index (κ2) is 7.59. The molecule has 1 fully saturated rings. The fourth-order valence-corrected chi connectivity index (χ4v) is 5.36. The molecule has 0 radical (unpaired) electrons. The van der Waals surface area contributed by atoms with Crippen LogP contribution in [0, 0.1) is 13.8 Å². The van der Waals surface area contributed by atoms with Crippen molar-refractivity contribution in [3.8, 4) is 0 Å². The number of sulfone groups is 1. The summed E-state index contributed by atoms with van der Waals surface area (Å²) in [6, 6.07) is 12.5.